The largest absolute Gasteiger partial charge is 0.455 e. The lowest BCUT2D eigenvalue weighted by Crippen LogP contribution is -1.85. The molecule has 1 heterocycles. The van der Waals surface area contributed by atoms with Crippen LogP contribution in [0.5, 0.6) is 0 Å². The van der Waals surface area contributed by atoms with Crippen molar-refractivity contribution in [2.45, 2.75) is 0 Å². The van der Waals surface area contributed by atoms with Crippen molar-refractivity contribution in [3.05, 3.63) is 120 Å². The summed E-state index contributed by atoms with van der Waals surface area (Å²) < 4.78 is 48.2. The molecule has 0 spiro atoms. The van der Waals surface area contributed by atoms with Crippen LogP contribution in [-0.2, 0) is 0 Å². The lowest BCUT2D eigenvalue weighted by atomic mass is 9.93. The molecule has 6 rings (SSSR count). The third kappa shape index (κ3) is 3.24. The zero-order valence-corrected chi connectivity index (χ0v) is 18.5. The van der Waals surface area contributed by atoms with Crippen molar-refractivity contribution in [1.82, 2.24) is 0 Å². The van der Waals surface area contributed by atoms with E-state index in [1.54, 1.807) is 6.07 Å². The topological polar surface area (TPSA) is 13.1 Å². The van der Waals surface area contributed by atoms with Crippen LogP contribution >= 0.6 is 15.9 Å². The van der Waals surface area contributed by atoms with Gasteiger partial charge in [-0.05, 0) is 58.1 Å². The Hall–Kier alpha value is -3.62. The van der Waals surface area contributed by atoms with Crippen LogP contribution in [0, 0.1) is 0 Å². The molecule has 0 N–H and O–H groups in total. The Morgan fingerprint density at radius 2 is 1.34 bits per heavy atom. The van der Waals surface area contributed by atoms with Gasteiger partial charge in [-0.25, -0.2) is 0 Å². The fourth-order valence-corrected chi connectivity index (χ4v) is 4.59. The van der Waals surface area contributed by atoms with Crippen molar-refractivity contribution in [1.29, 1.82) is 0 Å². The quantitative estimate of drug-likeness (QED) is 0.246. The van der Waals surface area contributed by atoms with Gasteiger partial charge in [-0.1, -0.05) is 101 Å². The molecule has 1 nitrogen and oxygen atoms in total. The molecule has 1 aromatic heterocycles. The summed E-state index contributed by atoms with van der Waals surface area (Å²) in [6.07, 6.45) is 0. The zero-order valence-electron chi connectivity index (χ0n) is 21.9. The third-order valence-corrected chi connectivity index (χ3v) is 6.12. The fraction of sp³-hybridized carbons (Fsp3) is 0. The molecular weight excluding hydrogens is 456 g/mol. The van der Waals surface area contributed by atoms with Gasteiger partial charge in [-0.2, -0.15) is 0 Å². The number of furan rings is 1. The Balaban J connectivity index is 1.62. The van der Waals surface area contributed by atoms with Crippen molar-refractivity contribution in [2.24, 2.45) is 0 Å². The summed E-state index contributed by atoms with van der Waals surface area (Å²) in [5.74, 6) is 0. The zero-order chi connectivity index (χ0) is 25.8. The number of hydrogen-bond donors (Lipinski definition) is 0. The van der Waals surface area contributed by atoms with E-state index in [1.807, 2.05) is 54.6 Å². The summed E-state index contributed by atoms with van der Waals surface area (Å²) in [5, 5.41) is 2.01. The molecule has 5 aromatic carbocycles. The number of rotatable bonds is 3. The molecule has 0 aliphatic rings. The van der Waals surface area contributed by atoms with E-state index in [-0.39, 0.29) is 29.7 Å². The van der Waals surface area contributed by atoms with Gasteiger partial charge in [0.25, 0.3) is 0 Å². The van der Waals surface area contributed by atoms with Gasteiger partial charge in [0.15, 0.2) is 0 Å². The highest BCUT2D eigenvalue weighted by Crippen LogP contribution is 2.42. The van der Waals surface area contributed by atoms with E-state index in [0.717, 1.165) is 48.7 Å². The van der Waals surface area contributed by atoms with Crippen LogP contribution in [0.2, 0.25) is 0 Å². The van der Waals surface area contributed by atoms with Gasteiger partial charge < -0.3 is 4.42 Å². The van der Waals surface area contributed by atoms with Gasteiger partial charge in [0, 0.05) is 20.8 Å². The van der Waals surface area contributed by atoms with Gasteiger partial charge in [-0.3, -0.25) is 0 Å². The molecule has 0 unspecified atom stereocenters. The number of para-hydroxylation sites is 1. The van der Waals surface area contributed by atoms with Crippen molar-refractivity contribution >= 4 is 37.9 Å². The first-order valence-corrected chi connectivity index (χ1v) is 11.0. The first kappa shape index (κ1) is 14.4. The van der Waals surface area contributed by atoms with Crippen LogP contribution in [0.1, 0.15) is 6.85 Å². The van der Waals surface area contributed by atoms with E-state index < -0.39 is 6.04 Å². The molecule has 0 amide bonds. The van der Waals surface area contributed by atoms with Crippen molar-refractivity contribution in [2.75, 3.05) is 0 Å². The van der Waals surface area contributed by atoms with Crippen molar-refractivity contribution in [3.8, 4) is 33.4 Å². The molecule has 6 aromatic rings. The minimum Gasteiger partial charge on any atom is -0.455 e. The highest BCUT2D eigenvalue weighted by atomic mass is 79.9. The highest BCUT2D eigenvalue weighted by molar-refractivity contribution is 9.10. The molecule has 32 heavy (non-hydrogen) atoms. The SMILES string of the molecule is [2H]c1c([2H])c([2H])c(-c2cccc(-c3ccc(-c4cccc(Br)c4)c4c3oc3ccccc34)c2)c([2H])c1[2H]. The van der Waals surface area contributed by atoms with E-state index in [2.05, 4.69) is 40.2 Å². The molecular formula is C30H19BrO. The predicted octanol–water partition coefficient (Wildman–Crippen LogP) is 9.35. The first-order valence-electron chi connectivity index (χ1n) is 12.7. The van der Waals surface area contributed by atoms with E-state index in [9.17, 15) is 0 Å². The molecule has 2 heteroatoms. The minimum absolute atomic E-state index is 0.180. The smallest absolute Gasteiger partial charge is 0.143 e. The number of halogens is 1. The van der Waals surface area contributed by atoms with Gasteiger partial charge in [0.2, 0.25) is 0 Å². The molecule has 0 aliphatic carbocycles. The number of hydrogen-bond acceptors (Lipinski definition) is 1. The summed E-state index contributed by atoms with van der Waals surface area (Å²) in [6.45, 7) is 0. The summed E-state index contributed by atoms with van der Waals surface area (Å²) in [6, 6.07) is 26.1. The normalized spacial score (nSPS) is 13.5. The Bertz CT molecular complexity index is 1830. The monoisotopic (exact) mass is 479 g/mol. The number of fused-ring (bicyclic) bond motifs is 3. The fourth-order valence-electron chi connectivity index (χ4n) is 4.19. The van der Waals surface area contributed by atoms with Gasteiger partial charge in [-0.15, -0.1) is 0 Å². The first-order chi connectivity index (χ1) is 17.8. The van der Waals surface area contributed by atoms with Crippen LogP contribution in [0.25, 0.3) is 55.3 Å². The lowest BCUT2D eigenvalue weighted by Gasteiger charge is -2.10. The molecule has 0 fully saturated rings. The second kappa shape index (κ2) is 7.81. The predicted molar refractivity (Wildman–Crippen MR) is 138 cm³/mol. The second-order valence-electron chi connectivity index (χ2n) is 7.55. The summed E-state index contributed by atoms with van der Waals surface area (Å²) in [4.78, 5) is 0. The summed E-state index contributed by atoms with van der Waals surface area (Å²) in [5.41, 5.74) is 6.04. The third-order valence-electron chi connectivity index (χ3n) is 5.62. The number of benzene rings is 5. The molecule has 152 valence electrons. The van der Waals surface area contributed by atoms with Crippen molar-refractivity contribution < 1.29 is 11.3 Å². The Labute approximate surface area is 202 Å². The molecule has 0 radical (unpaired) electrons. The standard InChI is InChI=1S/C30H19BrO/c31-24-13-7-12-23(19-24)25-16-17-26(30-29(25)27-14-4-5-15-28(27)32-30)22-11-6-10-21(18-22)20-8-2-1-3-9-20/h1-19H/i1D,2D,3D,8D,9D. The Morgan fingerprint density at radius 3 is 2.19 bits per heavy atom. The van der Waals surface area contributed by atoms with Gasteiger partial charge in [0.1, 0.15) is 11.2 Å². The van der Waals surface area contributed by atoms with E-state index in [4.69, 9.17) is 11.3 Å². The van der Waals surface area contributed by atoms with E-state index >= 15 is 0 Å². The van der Waals surface area contributed by atoms with Crippen LogP contribution in [0.4, 0.5) is 0 Å². The van der Waals surface area contributed by atoms with Crippen molar-refractivity contribution in [3.63, 3.8) is 0 Å². The average molecular weight is 480 g/mol. The Morgan fingerprint density at radius 1 is 0.625 bits per heavy atom. The lowest BCUT2D eigenvalue weighted by molar-refractivity contribution is 0.670. The molecule has 0 bridgehead atoms. The maximum atomic E-state index is 8.40. The average Bonchev–Trinajstić information content (AvgIpc) is 3.30. The molecule has 0 aliphatic heterocycles. The van der Waals surface area contributed by atoms with Gasteiger partial charge in [0.05, 0.1) is 6.85 Å². The summed E-state index contributed by atoms with van der Waals surface area (Å²) in [7, 11) is 0. The van der Waals surface area contributed by atoms with Gasteiger partial charge >= 0.3 is 0 Å². The van der Waals surface area contributed by atoms with Crippen LogP contribution in [0.3, 0.4) is 0 Å². The second-order valence-corrected chi connectivity index (χ2v) is 8.47. The van der Waals surface area contributed by atoms with Crippen LogP contribution in [0.15, 0.2) is 124 Å². The highest BCUT2D eigenvalue weighted by Gasteiger charge is 2.17. The maximum Gasteiger partial charge on any atom is 0.143 e. The summed E-state index contributed by atoms with van der Waals surface area (Å²) >= 11 is 3.58. The minimum atomic E-state index is -0.401. The molecule has 0 atom stereocenters. The molecule has 0 saturated carbocycles. The molecule has 0 saturated heterocycles. The van der Waals surface area contributed by atoms with E-state index in [0.29, 0.717) is 5.56 Å². The van der Waals surface area contributed by atoms with E-state index in [1.165, 1.54) is 0 Å². The van der Waals surface area contributed by atoms with Crippen LogP contribution in [-0.4, -0.2) is 0 Å². The van der Waals surface area contributed by atoms with Crippen LogP contribution < -0.4 is 0 Å². The Kier molecular flexibility index (Phi) is 3.53. The maximum absolute atomic E-state index is 8.40.